The first-order valence-electron chi connectivity index (χ1n) is 17.8. The summed E-state index contributed by atoms with van der Waals surface area (Å²) in [5.74, 6) is 0.880. The molecule has 0 atom stereocenters. The van der Waals surface area contributed by atoms with Crippen LogP contribution in [0.25, 0.3) is 76.9 Å². The van der Waals surface area contributed by atoms with Gasteiger partial charge in [-0.1, -0.05) is 176 Å². The van der Waals surface area contributed by atoms with Crippen molar-refractivity contribution in [1.29, 1.82) is 0 Å². The first kappa shape index (κ1) is 30.0. The summed E-state index contributed by atoms with van der Waals surface area (Å²) < 4.78 is 6.98. The van der Waals surface area contributed by atoms with Crippen LogP contribution in [0.15, 0.2) is 205 Å². The van der Waals surface area contributed by atoms with Gasteiger partial charge in [-0.15, -0.1) is 0 Å². The van der Waals surface area contributed by atoms with Gasteiger partial charge in [0.25, 0.3) is 0 Å². The number of hydrogen-bond acceptors (Lipinski definition) is 2. The fourth-order valence-electron chi connectivity index (χ4n) is 7.92. The van der Waals surface area contributed by atoms with Crippen molar-refractivity contribution >= 4 is 60.3 Å². The molecule has 2 nitrogen and oxygen atoms in total. The molecule has 0 bridgehead atoms. The van der Waals surface area contributed by atoms with Crippen LogP contribution in [0.1, 0.15) is 0 Å². The van der Waals surface area contributed by atoms with Crippen LogP contribution in [0.5, 0.6) is 0 Å². The average molecular weight is 664 g/mol. The molecule has 0 amide bonds. The van der Waals surface area contributed by atoms with Crippen LogP contribution in [0.4, 0.5) is 17.1 Å². The number of para-hydroxylation sites is 1. The zero-order chi connectivity index (χ0) is 34.4. The van der Waals surface area contributed by atoms with Crippen LogP contribution in [0.2, 0.25) is 0 Å². The fourth-order valence-corrected chi connectivity index (χ4v) is 7.92. The molecule has 0 fully saturated rings. The van der Waals surface area contributed by atoms with Crippen LogP contribution in [0.3, 0.4) is 0 Å². The number of hydrogen-bond donors (Lipinski definition) is 0. The molecule has 0 spiro atoms. The van der Waals surface area contributed by atoms with Crippen LogP contribution < -0.4 is 4.90 Å². The third-order valence-electron chi connectivity index (χ3n) is 10.3. The summed E-state index contributed by atoms with van der Waals surface area (Å²) in [7, 11) is 0. The van der Waals surface area contributed by atoms with Gasteiger partial charge in [-0.25, -0.2) is 0 Å². The molecule has 0 aliphatic rings. The van der Waals surface area contributed by atoms with Gasteiger partial charge in [-0.2, -0.15) is 0 Å². The zero-order valence-corrected chi connectivity index (χ0v) is 28.4. The van der Waals surface area contributed by atoms with Gasteiger partial charge in [-0.05, 0) is 56.9 Å². The number of fused-ring (bicyclic) bond motifs is 7. The van der Waals surface area contributed by atoms with E-state index in [0.29, 0.717) is 0 Å². The lowest BCUT2D eigenvalue weighted by Crippen LogP contribution is -2.11. The molecular weight excluding hydrogens is 631 g/mol. The van der Waals surface area contributed by atoms with Gasteiger partial charge >= 0.3 is 0 Å². The van der Waals surface area contributed by atoms with E-state index in [0.717, 1.165) is 55.9 Å². The lowest BCUT2D eigenvalue weighted by molar-refractivity contribution is 0.636. The van der Waals surface area contributed by atoms with Crippen molar-refractivity contribution in [1.82, 2.24) is 0 Å². The second kappa shape index (κ2) is 12.5. The minimum Gasteiger partial charge on any atom is -0.455 e. The Hall–Kier alpha value is -6.90. The van der Waals surface area contributed by atoms with Gasteiger partial charge in [-0.3, -0.25) is 0 Å². The molecule has 9 aromatic carbocycles. The highest BCUT2D eigenvalue weighted by Crippen LogP contribution is 2.49. The van der Waals surface area contributed by atoms with E-state index in [1.807, 2.05) is 0 Å². The molecule has 0 aliphatic carbocycles. The molecule has 1 aromatic heterocycles. The Kier molecular flexibility index (Phi) is 7.18. The van der Waals surface area contributed by atoms with Gasteiger partial charge < -0.3 is 9.32 Å². The predicted octanol–water partition coefficient (Wildman–Crippen LogP) is 14.4. The fraction of sp³-hybridized carbons (Fsp3) is 0. The van der Waals surface area contributed by atoms with E-state index in [2.05, 4.69) is 205 Å². The van der Waals surface area contributed by atoms with Crippen LogP contribution >= 0.6 is 0 Å². The van der Waals surface area contributed by atoms with Gasteiger partial charge in [0.15, 0.2) is 0 Å². The molecule has 10 rings (SSSR count). The lowest BCUT2D eigenvalue weighted by atomic mass is 9.92. The van der Waals surface area contributed by atoms with Crippen molar-refractivity contribution in [2.45, 2.75) is 0 Å². The molecule has 0 N–H and O–H groups in total. The summed E-state index contributed by atoms with van der Waals surface area (Å²) >= 11 is 0. The van der Waals surface area contributed by atoms with E-state index < -0.39 is 0 Å². The molecule has 244 valence electrons. The number of nitrogens with zero attached hydrogens (tertiary/aromatic N) is 1. The van der Waals surface area contributed by atoms with Crippen molar-refractivity contribution in [3.8, 4) is 33.6 Å². The monoisotopic (exact) mass is 663 g/mol. The van der Waals surface area contributed by atoms with Gasteiger partial charge in [0.05, 0.1) is 11.4 Å². The zero-order valence-electron chi connectivity index (χ0n) is 28.4. The van der Waals surface area contributed by atoms with Gasteiger partial charge in [0.1, 0.15) is 11.3 Å². The Balaban J connectivity index is 1.23. The predicted molar refractivity (Wildman–Crippen MR) is 220 cm³/mol. The number of furan rings is 1. The van der Waals surface area contributed by atoms with Crippen LogP contribution in [-0.4, -0.2) is 0 Å². The van der Waals surface area contributed by atoms with Crippen molar-refractivity contribution in [3.63, 3.8) is 0 Å². The smallest absolute Gasteiger partial charge is 0.143 e. The van der Waals surface area contributed by atoms with Crippen molar-refractivity contribution < 1.29 is 4.42 Å². The maximum atomic E-state index is 6.98. The normalized spacial score (nSPS) is 11.5. The average Bonchev–Trinajstić information content (AvgIpc) is 3.64. The molecule has 0 aliphatic heterocycles. The summed E-state index contributed by atoms with van der Waals surface area (Å²) in [5.41, 5.74) is 9.86. The van der Waals surface area contributed by atoms with Gasteiger partial charge in [0, 0.05) is 38.5 Å². The third kappa shape index (κ3) is 4.88. The SMILES string of the molecule is c1ccc(-c2ccccc2N(c2ccc(-c3c(-c4ccccc4)oc4c5ccccc5c5ccccc5c34)cc2)c2cccc3ccccc23)cc1. The first-order chi connectivity index (χ1) is 25.8. The van der Waals surface area contributed by atoms with E-state index in [1.165, 1.54) is 38.1 Å². The molecular formula is C50H33NO. The summed E-state index contributed by atoms with van der Waals surface area (Å²) in [6, 6.07) is 71.4. The van der Waals surface area contributed by atoms with E-state index in [1.54, 1.807) is 0 Å². The van der Waals surface area contributed by atoms with Crippen LogP contribution in [0, 0.1) is 0 Å². The van der Waals surface area contributed by atoms with Crippen LogP contribution in [-0.2, 0) is 0 Å². The molecule has 52 heavy (non-hydrogen) atoms. The van der Waals surface area contributed by atoms with Gasteiger partial charge in [0.2, 0.25) is 0 Å². The quantitative estimate of drug-likeness (QED) is 0.165. The van der Waals surface area contributed by atoms with Crippen molar-refractivity contribution in [3.05, 3.63) is 200 Å². The largest absolute Gasteiger partial charge is 0.455 e. The molecule has 10 aromatic rings. The Labute approximate surface area is 302 Å². The minimum absolute atomic E-state index is 0.880. The second-order valence-corrected chi connectivity index (χ2v) is 13.2. The summed E-state index contributed by atoms with van der Waals surface area (Å²) in [6.07, 6.45) is 0. The maximum absolute atomic E-state index is 6.98. The van der Waals surface area contributed by atoms with E-state index >= 15 is 0 Å². The number of anilines is 3. The second-order valence-electron chi connectivity index (χ2n) is 13.2. The summed E-state index contributed by atoms with van der Waals surface area (Å²) in [6.45, 7) is 0. The number of benzene rings is 9. The first-order valence-corrected chi connectivity index (χ1v) is 17.8. The van der Waals surface area contributed by atoms with E-state index in [4.69, 9.17) is 4.42 Å². The summed E-state index contributed by atoms with van der Waals surface area (Å²) in [4.78, 5) is 2.41. The number of rotatable bonds is 6. The highest BCUT2D eigenvalue weighted by molar-refractivity contribution is 6.28. The van der Waals surface area contributed by atoms with Crippen molar-refractivity contribution in [2.75, 3.05) is 4.90 Å². The molecule has 2 heteroatoms. The molecule has 0 saturated heterocycles. The molecule has 0 saturated carbocycles. The summed E-state index contributed by atoms with van der Waals surface area (Å²) in [5, 5.41) is 8.28. The Morgan fingerprint density at radius 2 is 0.885 bits per heavy atom. The minimum atomic E-state index is 0.880. The topological polar surface area (TPSA) is 16.4 Å². The maximum Gasteiger partial charge on any atom is 0.143 e. The molecule has 0 radical (unpaired) electrons. The van der Waals surface area contributed by atoms with Crippen molar-refractivity contribution in [2.24, 2.45) is 0 Å². The third-order valence-corrected chi connectivity index (χ3v) is 10.3. The van der Waals surface area contributed by atoms with E-state index in [-0.39, 0.29) is 0 Å². The molecule has 1 heterocycles. The highest BCUT2D eigenvalue weighted by Gasteiger charge is 2.24. The molecule has 0 unspecified atom stereocenters. The Bertz CT molecular complexity index is 2880. The van der Waals surface area contributed by atoms with E-state index in [9.17, 15) is 0 Å². The highest BCUT2D eigenvalue weighted by atomic mass is 16.3. The lowest BCUT2D eigenvalue weighted by Gasteiger charge is -2.29. The Morgan fingerprint density at radius 3 is 1.63 bits per heavy atom. The standard InChI is InChI=1S/C50H33NO/c1-3-16-34(17-4-1)39-23-13-14-28-45(39)51(46-29-15-21-35-18-7-8-22-40(35)46)38-32-30-36(31-33-38)47-48-43-26-11-9-24-41(43)42-25-10-12-27-44(42)50(48)52-49(47)37-19-5-2-6-20-37/h1-33H. The Morgan fingerprint density at radius 1 is 0.346 bits per heavy atom.